The monoisotopic (exact) mass is 566 g/mol. The highest BCUT2D eigenvalue weighted by molar-refractivity contribution is 8.00. The van der Waals surface area contributed by atoms with Crippen molar-refractivity contribution in [3.63, 3.8) is 0 Å². The predicted octanol–water partition coefficient (Wildman–Crippen LogP) is 5.49. The van der Waals surface area contributed by atoms with Crippen LogP contribution >= 0.6 is 11.8 Å². The van der Waals surface area contributed by atoms with Crippen LogP contribution in [-0.2, 0) is 14.3 Å². The van der Waals surface area contributed by atoms with Crippen LogP contribution in [0.2, 0.25) is 0 Å². The highest BCUT2D eigenvalue weighted by Crippen LogP contribution is 2.48. The molecule has 0 spiro atoms. The summed E-state index contributed by atoms with van der Waals surface area (Å²) in [5.74, 6) is 0.742. The van der Waals surface area contributed by atoms with E-state index in [1.54, 1.807) is 21.6 Å². The molecule has 0 bridgehead atoms. The van der Waals surface area contributed by atoms with Gasteiger partial charge in [-0.05, 0) is 43.5 Å². The number of amides is 2. The number of carbonyl (C=O) groups excluding carboxylic acids is 2. The molecule has 7 nitrogen and oxygen atoms in total. The van der Waals surface area contributed by atoms with Crippen molar-refractivity contribution < 1.29 is 14.3 Å². The zero-order valence-electron chi connectivity index (χ0n) is 23.7. The average Bonchev–Trinajstić information content (AvgIpc) is 3.31. The number of fused-ring (bicyclic) bond motifs is 1. The molecule has 0 aliphatic carbocycles. The summed E-state index contributed by atoms with van der Waals surface area (Å²) in [4.78, 5) is 31.1. The molecule has 0 unspecified atom stereocenters. The van der Waals surface area contributed by atoms with E-state index in [9.17, 15) is 9.59 Å². The number of benzene rings is 3. The van der Waals surface area contributed by atoms with Crippen LogP contribution in [0.1, 0.15) is 33.1 Å². The minimum absolute atomic E-state index is 0.0439. The van der Waals surface area contributed by atoms with E-state index in [0.717, 1.165) is 44.8 Å². The van der Waals surface area contributed by atoms with E-state index in [0.29, 0.717) is 32.1 Å². The topological polar surface area (TPSA) is 67.7 Å². The minimum atomic E-state index is -0.147. The molecule has 4 aromatic rings. The smallest absolute Gasteiger partial charge is 0.242 e. The lowest BCUT2D eigenvalue weighted by molar-refractivity contribution is -0.134. The lowest BCUT2D eigenvalue weighted by Crippen LogP contribution is -2.48. The lowest BCUT2D eigenvalue weighted by Gasteiger charge is -2.30. The highest BCUT2D eigenvalue weighted by Gasteiger charge is 2.38. The molecule has 8 heteroatoms. The van der Waals surface area contributed by atoms with Crippen LogP contribution in [-0.4, -0.2) is 65.1 Å². The number of carbonyl (C=O) groups is 2. The van der Waals surface area contributed by atoms with E-state index >= 15 is 0 Å². The second-order valence-electron chi connectivity index (χ2n) is 10.7. The van der Waals surface area contributed by atoms with Gasteiger partial charge in [0.05, 0.1) is 35.6 Å². The van der Waals surface area contributed by atoms with Crippen molar-refractivity contribution >= 4 is 29.4 Å². The molecule has 2 amide bonds. The van der Waals surface area contributed by atoms with Crippen LogP contribution in [0, 0.1) is 20.8 Å². The van der Waals surface area contributed by atoms with Crippen LogP contribution in [0.15, 0.2) is 72.8 Å². The second-order valence-corrected chi connectivity index (χ2v) is 11.8. The van der Waals surface area contributed by atoms with Crippen molar-refractivity contribution in [2.75, 3.05) is 43.5 Å². The molecular formula is C33H34N4O3S. The van der Waals surface area contributed by atoms with Gasteiger partial charge in [0.2, 0.25) is 11.8 Å². The van der Waals surface area contributed by atoms with Gasteiger partial charge in [-0.3, -0.25) is 14.5 Å². The maximum atomic E-state index is 14.0. The normalized spacial score (nSPS) is 17.3. The van der Waals surface area contributed by atoms with Crippen molar-refractivity contribution in [2.45, 2.75) is 26.0 Å². The molecule has 3 aromatic carbocycles. The fraction of sp³-hybridized carbons (Fsp3) is 0.303. The fourth-order valence-corrected chi connectivity index (χ4v) is 6.79. The summed E-state index contributed by atoms with van der Waals surface area (Å²) >= 11 is 1.60. The molecule has 41 heavy (non-hydrogen) atoms. The van der Waals surface area contributed by atoms with Gasteiger partial charge >= 0.3 is 0 Å². The zero-order chi connectivity index (χ0) is 28.5. The standard InChI is InChI=1S/C33H34N4O3S/c1-22-9-7-13-26(19-22)32-30-31(25-11-5-4-6-12-25)34-37(27-14-8-10-23(2)24(27)3)33(30)36(29(39)21-41-32)20-28(38)35-15-17-40-18-16-35/h4-14,19,32H,15-18,20-21H2,1-3H3/t32-/m1/s1. The van der Waals surface area contributed by atoms with Crippen LogP contribution in [0.5, 0.6) is 0 Å². The third kappa shape index (κ3) is 5.29. The van der Waals surface area contributed by atoms with Gasteiger partial charge in [0, 0.05) is 24.2 Å². The summed E-state index contributed by atoms with van der Waals surface area (Å²) in [5.41, 5.74) is 8.12. The Morgan fingerprint density at radius 2 is 1.73 bits per heavy atom. The lowest BCUT2D eigenvalue weighted by atomic mass is 9.98. The Morgan fingerprint density at radius 3 is 2.49 bits per heavy atom. The summed E-state index contributed by atoms with van der Waals surface area (Å²) in [5, 5.41) is 5.10. The van der Waals surface area contributed by atoms with Crippen molar-refractivity contribution in [3.8, 4) is 16.9 Å². The number of thioether (sulfide) groups is 1. The van der Waals surface area contributed by atoms with Gasteiger partial charge in [0.15, 0.2) is 0 Å². The summed E-state index contributed by atoms with van der Waals surface area (Å²) < 4.78 is 7.37. The quantitative estimate of drug-likeness (QED) is 0.320. The predicted molar refractivity (Wildman–Crippen MR) is 164 cm³/mol. The third-order valence-corrected chi connectivity index (χ3v) is 9.20. The summed E-state index contributed by atoms with van der Waals surface area (Å²) in [6.07, 6.45) is 0. The maximum absolute atomic E-state index is 14.0. The van der Waals surface area contributed by atoms with Gasteiger partial charge < -0.3 is 9.64 Å². The molecule has 210 valence electrons. The van der Waals surface area contributed by atoms with Crippen LogP contribution in [0.3, 0.4) is 0 Å². The van der Waals surface area contributed by atoms with E-state index in [2.05, 4.69) is 63.2 Å². The van der Waals surface area contributed by atoms with Gasteiger partial charge in [-0.1, -0.05) is 72.3 Å². The molecule has 1 aromatic heterocycles. The first kappa shape index (κ1) is 27.3. The number of ether oxygens (including phenoxy) is 1. The van der Waals surface area contributed by atoms with Gasteiger partial charge in [-0.25, -0.2) is 4.68 Å². The number of hydrogen-bond acceptors (Lipinski definition) is 5. The third-order valence-electron chi connectivity index (χ3n) is 7.94. The number of anilines is 1. The molecule has 1 saturated heterocycles. The number of aromatic nitrogens is 2. The van der Waals surface area contributed by atoms with Crippen molar-refractivity contribution in [1.29, 1.82) is 0 Å². The zero-order valence-corrected chi connectivity index (χ0v) is 24.5. The summed E-state index contributed by atoms with van der Waals surface area (Å²) in [6.45, 7) is 8.27. The molecule has 2 aliphatic heterocycles. The van der Waals surface area contributed by atoms with Crippen molar-refractivity contribution in [1.82, 2.24) is 14.7 Å². The van der Waals surface area contributed by atoms with E-state index in [1.165, 1.54) is 0 Å². The first-order chi connectivity index (χ1) is 19.9. The minimum Gasteiger partial charge on any atom is -0.378 e. The molecular weight excluding hydrogens is 532 g/mol. The Morgan fingerprint density at radius 1 is 0.976 bits per heavy atom. The van der Waals surface area contributed by atoms with Crippen molar-refractivity contribution in [2.24, 2.45) is 0 Å². The molecule has 0 radical (unpaired) electrons. The number of aryl methyl sites for hydroxylation is 2. The summed E-state index contributed by atoms with van der Waals surface area (Å²) in [7, 11) is 0. The van der Waals surface area contributed by atoms with Crippen LogP contribution < -0.4 is 4.90 Å². The summed E-state index contributed by atoms with van der Waals surface area (Å²) in [6, 6.07) is 24.7. The van der Waals surface area contributed by atoms with Crippen molar-refractivity contribution in [3.05, 3.63) is 101 Å². The van der Waals surface area contributed by atoms with E-state index in [-0.39, 0.29) is 29.4 Å². The maximum Gasteiger partial charge on any atom is 0.242 e. The van der Waals surface area contributed by atoms with E-state index < -0.39 is 0 Å². The molecule has 3 heterocycles. The van der Waals surface area contributed by atoms with Crippen LogP contribution in [0.25, 0.3) is 16.9 Å². The number of hydrogen-bond donors (Lipinski definition) is 0. The van der Waals surface area contributed by atoms with Crippen LogP contribution in [0.4, 0.5) is 5.82 Å². The first-order valence-corrected chi connectivity index (χ1v) is 15.1. The Kier molecular flexibility index (Phi) is 7.69. The Labute approximate surface area is 245 Å². The fourth-order valence-electron chi connectivity index (χ4n) is 5.61. The van der Waals surface area contributed by atoms with E-state index in [1.807, 2.05) is 35.0 Å². The second kappa shape index (κ2) is 11.5. The average molecular weight is 567 g/mol. The van der Waals surface area contributed by atoms with E-state index in [4.69, 9.17) is 9.84 Å². The van der Waals surface area contributed by atoms with Gasteiger partial charge in [-0.15, -0.1) is 11.8 Å². The molecule has 1 atom stereocenters. The molecule has 0 saturated carbocycles. The number of nitrogens with zero attached hydrogens (tertiary/aromatic N) is 4. The number of morpholine rings is 1. The molecule has 0 N–H and O–H groups in total. The molecule has 1 fully saturated rings. The molecule has 6 rings (SSSR count). The SMILES string of the molecule is Cc1cccc([C@H]2SCC(=O)N(CC(=O)N3CCOCC3)c3c2c(-c2ccccc2)nn3-c2cccc(C)c2C)c1. The Balaban J connectivity index is 1.61. The molecule has 2 aliphatic rings. The van der Waals surface area contributed by atoms with Gasteiger partial charge in [0.1, 0.15) is 12.4 Å². The largest absolute Gasteiger partial charge is 0.378 e. The Bertz CT molecular complexity index is 1590. The first-order valence-electron chi connectivity index (χ1n) is 14.0. The highest BCUT2D eigenvalue weighted by atomic mass is 32.2. The number of rotatable bonds is 5. The Hall–Kier alpha value is -3.88. The van der Waals surface area contributed by atoms with Gasteiger partial charge in [0.25, 0.3) is 0 Å². The van der Waals surface area contributed by atoms with Gasteiger partial charge in [-0.2, -0.15) is 5.10 Å².